The highest BCUT2D eigenvalue weighted by molar-refractivity contribution is 5.92. The lowest BCUT2D eigenvalue weighted by atomic mass is 10.3. The summed E-state index contributed by atoms with van der Waals surface area (Å²) >= 11 is 0. The molecule has 0 saturated carbocycles. The Kier molecular flexibility index (Phi) is 3.28. The number of rotatable bonds is 3. The Morgan fingerprint density at radius 3 is 2.68 bits per heavy atom. The van der Waals surface area contributed by atoms with Crippen molar-refractivity contribution in [3.05, 3.63) is 23.4 Å². The van der Waals surface area contributed by atoms with Crippen molar-refractivity contribution in [3.8, 4) is 5.69 Å². The SMILES string of the molecule is CCc1nc(C(=O)OC)c(N)n1-c1cn(C)nc1C. The number of aromatic nitrogens is 4. The van der Waals surface area contributed by atoms with Crippen LogP contribution in [0.2, 0.25) is 0 Å². The van der Waals surface area contributed by atoms with Crippen LogP contribution in [-0.2, 0) is 18.2 Å². The van der Waals surface area contributed by atoms with Crippen molar-refractivity contribution in [2.24, 2.45) is 7.05 Å². The summed E-state index contributed by atoms with van der Waals surface area (Å²) in [4.78, 5) is 15.9. The first-order valence-corrected chi connectivity index (χ1v) is 5.95. The molecule has 0 spiro atoms. The first kappa shape index (κ1) is 13.1. The molecule has 0 atom stereocenters. The molecule has 7 nitrogen and oxygen atoms in total. The molecule has 2 N–H and O–H groups in total. The summed E-state index contributed by atoms with van der Waals surface area (Å²) < 4.78 is 8.13. The van der Waals surface area contributed by atoms with E-state index in [0.717, 1.165) is 11.4 Å². The quantitative estimate of drug-likeness (QED) is 0.829. The second-order valence-electron chi connectivity index (χ2n) is 4.22. The van der Waals surface area contributed by atoms with Crippen molar-refractivity contribution in [1.29, 1.82) is 0 Å². The highest BCUT2D eigenvalue weighted by Crippen LogP contribution is 2.23. The molecule has 0 aliphatic heterocycles. The Bertz CT molecular complexity index is 626. The average Bonchev–Trinajstić information content (AvgIpc) is 2.88. The second-order valence-corrected chi connectivity index (χ2v) is 4.22. The molecule has 0 aliphatic carbocycles. The molecule has 2 aromatic heterocycles. The molecule has 102 valence electrons. The monoisotopic (exact) mass is 263 g/mol. The lowest BCUT2D eigenvalue weighted by Crippen LogP contribution is -2.08. The molecule has 2 rings (SSSR count). The molecule has 0 aliphatic rings. The number of nitrogens with two attached hydrogens (primary N) is 1. The minimum absolute atomic E-state index is 0.141. The molecule has 7 heteroatoms. The zero-order valence-corrected chi connectivity index (χ0v) is 11.5. The predicted octanol–water partition coefficient (Wildman–Crippen LogP) is 0.845. The number of carbonyl (C=O) groups excluding carboxylic acids is 1. The third kappa shape index (κ3) is 2.07. The van der Waals surface area contributed by atoms with E-state index in [1.54, 1.807) is 9.25 Å². The van der Waals surface area contributed by atoms with Gasteiger partial charge in [0, 0.05) is 19.7 Å². The van der Waals surface area contributed by atoms with Crippen molar-refractivity contribution in [2.45, 2.75) is 20.3 Å². The van der Waals surface area contributed by atoms with Gasteiger partial charge >= 0.3 is 5.97 Å². The van der Waals surface area contributed by atoms with E-state index in [2.05, 4.69) is 14.8 Å². The van der Waals surface area contributed by atoms with E-state index in [0.29, 0.717) is 12.2 Å². The summed E-state index contributed by atoms with van der Waals surface area (Å²) in [5, 5.41) is 4.27. The number of nitrogen functional groups attached to an aromatic ring is 1. The Hall–Kier alpha value is -2.31. The number of hydrogen-bond acceptors (Lipinski definition) is 5. The van der Waals surface area contributed by atoms with Crippen LogP contribution in [0.3, 0.4) is 0 Å². The van der Waals surface area contributed by atoms with E-state index < -0.39 is 5.97 Å². The topological polar surface area (TPSA) is 88.0 Å². The number of imidazole rings is 1. The number of methoxy groups -OCH3 is 1. The van der Waals surface area contributed by atoms with Crippen LogP contribution in [0, 0.1) is 6.92 Å². The first-order valence-electron chi connectivity index (χ1n) is 5.95. The van der Waals surface area contributed by atoms with Gasteiger partial charge in [0.25, 0.3) is 0 Å². The smallest absolute Gasteiger partial charge is 0.360 e. The summed E-state index contributed by atoms with van der Waals surface area (Å²) in [6, 6.07) is 0. The van der Waals surface area contributed by atoms with Crippen LogP contribution in [-0.4, -0.2) is 32.4 Å². The maximum absolute atomic E-state index is 11.6. The van der Waals surface area contributed by atoms with Gasteiger partial charge in [0.1, 0.15) is 11.6 Å². The molecule has 0 radical (unpaired) electrons. The van der Waals surface area contributed by atoms with Crippen LogP contribution < -0.4 is 5.73 Å². The molecule has 0 amide bonds. The molecule has 0 aromatic carbocycles. The van der Waals surface area contributed by atoms with Crippen LogP contribution in [0.5, 0.6) is 0 Å². The Labute approximate surface area is 111 Å². The minimum atomic E-state index is -0.535. The fourth-order valence-electron chi connectivity index (χ4n) is 2.04. The normalized spacial score (nSPS) is 10.7. The summed E-state index contributed by atoms with van der Waals surface area (Å²) in [6.45, 7) is 3.83. The van der Waals surface area contributed by atoms with Crippen molar-refractivity contribution in [3.63, 3.8) is 0 Å². The van der Waals surface area contributed by atoms with E-state index in [4.69, 9.17) is 5.73 Å². The summed E-state index contributed by atoms with van der Waals surface area (Å²) in [7, 11) is 3.14. The summed E-state index contributed by atoms with van der Waals surface area (Å²) in [5.74, 6) is 0.446. The Balaban J connectivity index is 2.66. The summed E-state index contributed by atoms with van der Waals surface area (Å²) in [6.07, 6.45) is 2.49. The van der Waals surface area contributed by atoms with Gasteiger partial charge in [0.05, 0.1) is 18.5 Å². The van der Waals surface area contributed by atoms with Gasteiger partial charge in [0.2, 0.25) is 0 Å². The van der Waals surface area contributed by atoms with E-state index in [1.807, 2.05) is 27.1 Å². The molecule has 19 heavy (non-hydrogen) atoms. The molecule has 0 unspecified atom stereocenters. The van der Waals surface area contributed by atoms with Crippen LogP contribution in [0.25, 0.3) is 5.69 Å². The van der Waals surface area contributed by atoms with Gasteiger partial charge in [-0.25, -0.2) is 9.78 Å². The van der Waals surface area contributed by atoms with E-state index in [-0.39, 0.29) is 11.5 Å². The fourth-order valence-corrected chi connectivity index (χ4v) is 2.04. The number of esters is 1. The third-order valence-corrected chi connectivity index (χ3v) is 2.91. The lowest BCUT2D eigenvalue weighted by Gasteiger charge is -2.06. The number of anilines is 1. The van der Waals surface area contributed by atoms with Crippen LogP contribution in [0.15, 0.2) is 6.20 Å². The molecule has 2 heterocycles. The summed E-state index contributed by atoms with van der Waals surface area (Å²) in [5.41, 5.74) is 7.81. The fraction of sp³-hybridized carbons (Fsp3) is 0.417. The van der Waals surface area contributed by atoms with Gasteiger partial charge in [-0.15, -0.1) is 0 Å². The zero-order chi connectivity index (χ0) is 14.2. The van der Waals surface area contributed by atoms with E-state index in [1.165, 1.54) is 7.11 Å². The van der Waals surface area contributed by atoms with Gasteiger partial charge in [0.15, 0.2) is 5.69 Å². The van der Waals surface area contributed by atoms with Crippen molar-refractivity contribution in [1.82, 2.24) is 19.3 Å². The maximum atomic E-state index is 11.6. The van der Waals surface area contributed by atoms with Crippen LogP contribution >= 0.6 is 0 Å². The number of ether oxygens (including phenoxy) is 1. The van der Waals surface area contributed by atoms with Gasteiger partial charge in [-0.2, -0.15) is 5.10 Å². The lowest BCUT2D eigenvalue weighted by molar-refractivity contribution is 0.0596. The number of nitrogens with zero attached hydrogens (tertiary/aromatic N) is 4. The van der Waals surface area contributed by atoms with E-state index in [9.17, 15) is 4.79 Å². The number of aryl methyl sites for hydroxylation is 3. The van der Waals surface area contributed by atoms with Gasteiger partial charge in [-0.05, 0) is 6.92 Å². The average molecular weight is 263 g/mol. The van der Waals surface area contributed by atoms with Crippen molar-refractivity contribution >= 4 is 11.8 Å². The zero-order valence-electron chi connectivity index (χ0n) is 11.5. The molecular formula is C12H17N5O2. The molecule has 0 saturated heterocycles. The van der Waals surface area contributed by atoms with Crippen LogP contribution in [0.1, 0.15) is 28.9 Å². The van der Waals surface area contributed by atoms with Crippen molar-refractivity contribution in [2.75, 3.05) is 12.8 Å². The van der Waals surface area contributed by atoms with Gasteiger partial charge in [-0.1, -0.05) is 6.92 Å². The largest absolute Gasteiger partial charge is 0.464 e. The first-order chi connectivity index (χ1) is 8.99. The Morgan fingerprint density at radius 1 is 1.53 bits per heavy atom. The molecular weight excluding hydrogens is 246 g/mol. The minimum Gasteiger partial charge on any atom is -0.464 e. The highest BCUT2D eigenvalue weighted by atomic mass is 16.5. The number of carbonyl (C=O) groups is 1. The molecule has 0 fully saturated rings. The highest BCUT2D eigenvalue weighted by Gasteiger charge is 2.22. The number of hydrogen-bond donors (Lipinski definition) is 1. The van der Waals surface area contributed by atoms with Crippen LogP contribution in [0.4, 0.5) is 5.82 Å². The predicted molar refractivity (Wildman–Crippen MR) is 70.2 cm³/mol. The molecule has 2 aromatic rings. The van der Waals surface area contributed by atoms with E-state index >= 15 is 0 Å². The second kappa shape index (κ2) is 4.75. The molecule has 0 bridgehead atoms. The standard InChI is InChI=1S/C12H17N5O2/c1-5-9-14-10(12(18)19-4)11(13)17(9)8-6-16(3)15-7(8)2/h6H,5,13H2,1-4H3. The van der Waals surface area contributed by atoms with Crippen molar-refractivity contribution < 1.29 is 9.53 Å². The maximum Gasteiger partial charge on any atom is 0.360 e. The van der Waals surface area contributed by atoms with Gasteiger partial charge < -0.3 is 10.5 Å². The van der Waals surface area contributed by atoms with Gasteiger partial charge in [-0.3, -0.25) is 9.25 Å². The third-order valence-electron chi connectivity index (χ3n) is 2.91. The Morgan fingerprint density at radius 2 is 2.21 bits per heavy atom.